The van der Waals surface area contributed by atoms with Crippen LogP contribution in [0.1, 0.15) is 6.92 Å². The third-order valence-corrected chi connectivity index (χ3v) is 1.98. The van der Waals surface area contributed by atoms with Crippen molar-refractivity contribution in [3.8, 4) is 0 Å². The van der Waals surface area contributed by atoms with Crippen LogP contribution in [-0.2, 0) is 0 Å². The molecular formula is C9H10ClN3O3. The van der Waals surface area contributed by atoms with E-state index in [9.17, 15) is 14.9 Å². The van der Waals surface area contributed by atoms with Crippen molar-refractivity contribution in [3.05, 3.63) is 33.3 Å². The van der Waals surface area contributed by atoms with Gasteiger partial charge in [-0.05, 0) is 19.1 Å². The highest BCUT2D eigenvalue weighted by Gasteiger charge is 2.15. The van der Waals surface area contributed by atoms with Gasteiger partial charge in [-0.15, -0.1) is 0 Å². The van der Waals surface area contributed by atoms with Gasteiger partial charge in [0.05, 0.1) is 4.92 Å². The number of carbonyl (C=O) groups is 1. The number of halogens is 1. The Kier molecular flexibility index (Phi) is 4.07. The van der Waals surface area contributed by atoms with E-state index >= 15 is 0 Å². The van der Waals surface area contributed by atoms with Crippen molar-refractivity contribution in [2.45, 2.75) is 6.92 Å². The standard InChI is InChI=1S/C9H10ClN3O3/c1-2-11-9(14)12-7-4-3-6(10)5-8(7)13(15)16/h3-5H,2H2,1H3,(H2,11,12,14). The van der Waals surface area contributed by atoms with Gasteiger partial charge in [0.2, 0.25) is 0 Å². The quantitative estimate of drug-likeness (QED) is 0.631. The van der Waals surface area contributed by atoms with E-state index in [0.717, 1.165) is 0 Å². The maximum Gasteiger partial charge on any atom is 0.319 e. The highest BCUT2D eigenvalue weighted by molar-refractivity contribution is 6.31. The Labute approximate surface area is 96.7 Å². The second-order valence-corrected chi connectivity index (χ2v) is 3.34. The molecule has 0 atom stereocenters. The molecule has 0 aliphatic heterocycles. The number of rotatable bonds is 3. The zero-order valence-corrected chi connectivity index (χ0v) is 9.25. The number of hydrogen-bond donors (Lipinski definition) is 2. The number of benzene rings is 1. The van der Waals surface area contributed by atoms with Gasteiger partial charge < -0.3 is 10.6 Å². The van der Waals surface area contributed by atoms with Gasteiger partial charge in [0.15, 0.2) is 0 Å². The van der Waals surface area contributed by atoms with Crippen LogP contribution in [0.4, 0.5) is 16.2 Å². The van der Waals surface area contributed by atoms with Crippen LogP contribution in [0.2, 0.25) is 5.02 Å². The topological polar surface area (TPSA) is 84.3 Å². The Bertz CT molecular complexity index is 422. The lowest BCUT2D eigenvalue weighted by atomic mass is 10.2. The first-order valence-electron chi connectivity index (χ1n) is 4.53. The van der Waals surface area contributed by atoms with Crippen LogP contribution < -0.4 is 10.6 Å². The predicted octanol–water partition coefficient (Wildman–Crippen LogP) is 2.39. The fourth-order valence-electron chi connectivity index (χ4n) is 1.09. The summed E-state index contributed by atoms with van der Waals surface area (Å²) in [5.41, 5.74) is -0.126. The molecule has 0 saturated carbocycles. The molecule has 0 unspecified atom stereocenters. The van der Waals surface area contributed by atoms with Crippen molar-refractivity contribution in [2.75, 3.05) is 11.9 Å². The summed E-state index contributed by atoms with van der Waals surface area (Å²) < 4.78 is 0. The molecule has 2 amide bonds. The molecule has 1 aromatic carbocycles. The number of nitro groups is 1. The van der Waals surface area contributed by atoms with Crippen molar-refractivity contribution in [1.82, 2.24) is 5.32 Å². The van der Waals surface area contributed by atoms with Gasteiger partial charge in [-0.3, -0.25) is 10.1 Å². The highest BCUT2D eigenvalue weighted by atomic mass is 35.5. The van der Waals surface area contributed by atoms with E-state index in [0.29, 0.717) is 6.54 Å². The summed E-state index contributed by atoms with van der Waals surface area (Å²) in [5.74, 6) is 0. The Balaban J connectivity index is 2.95. The molecule has 0 aliphatic carbocycles. The van der Waals surface area contributed by atoms with E-state index in [1.54, 1.807) is 6.92 Å². The van der Waals surface area contributed by atoms with Crippen LogP contribution in [0, 0.1) is 10.1 Å². The van der Waals surface area contributed by atoms with Crippen molar-refractivity contribution in [1.29, 1.82) is 0 Å². The molecule has 7 heteroatoms. The molecule has 0 bridgehead atoms. The molecule has 0 saturated heterocycles. The summed E-state index contributed by atoms with van der Waals surface area (Å²) in [6, 6.07) is 3.54. The third kappa shape index (κ3) is 3.09. The highest BCUT2D eigenvalue weighted by Crippen LogP contribution is 2.27. The Hall–Kier alpha value is -1.82. The van der Waals surface area contributed by atoms with Gasteiger partial charge in [-0.25, -0.2) is 4.79 Å². The van der Waals surface area contributed by atoms with Crippen LogP contribution in [-0.4, -0.2) is 17.5 Å². The molecule has 0 aliphatic rings. The van der Waals surface area contributed by atoms with E-state index in [1.165, 1.54) is 18.2 Å². The third-order valence-electron chi connectivity index (χ3n) is 1.74. The van der Waals surface area contributed by atoms with E-state index in [1.807, 2.05) is 0 Å². The molecule has 6 nitrogen and oxygen atoms in total. The fraction of sp³-hybridized carbons (Fsp3) is 0.222. The van der Waals surface area contributed by atoms with Crippen molar-refractivity contribution in [3.63, 3.8) is 0 Å². The summed E-state index contributed by atoms with van der Waals surface area (Å²) in [4.78, 5) is 21.3. The molecular weight excluding hydrogens is 234 g/mol. The van der Waals surface area contributed by atoms with Crippen LogP contribution in [0.5, 0.6) is 0 Å². The van der Waals surface area contributed by atoms with E-state index < -0.39 is 11.0 Å². The normalized spacial score (nSPS) is 9.62. The lowest BCUT2D eigenvalue weighted by Gasteiger charge is -2.06. The molecule has 86 valence electrons. The summed E-state index contributed by atoms with van der Waals surface area (Å²) in [6.45, 7) is 2.18. The zero-order chi connectivity index (χ0) is 12.1. The zero-order valence-electron chi connectivity index (χ0n) is 8.49. The first-order chi connectivity index (χ1) is 7.54. The van der Waals surface area contributed by atoms with E-state index in [-0.39, 0.29) is 16.4 Å². The minimum Gasteiger partial charge on any atom is -0.338 e. The Morgan fingerprint density at radius 3 is 2.81 bits per heavy atom. The lowest BCUT2D eigenvalue weighted by molar-refractivity contribution is -0.383. The van der Waals surface area contributed by atoms with Crippen molar-refractivity contribution < 1.29 is 9.72 Å². The minimum absolute atomic E-state index is 0.111. The van der Waals surface area contributed by atoms with Crippen LogP contribution >= 0.6 is 11.6 Å². The van der Waals surface area contributed by atoms with Gasteiger partial charge >= 0.3 is 6.03 Å². The molecule has 0 aromatic heterocycles. The summed E-state index contributed by atoms with van der Waals surface area (Å²) in [5, 5.41) is 15.8. The summed E-state index contributed by atoms with van der Waals surface area (Å²) >= 11 is 5.63. The van der Waals surface area contributed by atoms with Crippen molar-refractivity contribution in [2.24, 2.45) is 0 Å². The van der Waals surface area contributed by atoms with Crippen LogP contribution in [0.15, 0.2) is 18.2 Å². The second-order valence-electron chi connectivity index (χ2n) is 2.90. The smallest absolute Gasteiger partial charge is 0.319 e. The SMILES string of the molecule is CCNC(=O)Nc1ccc(Cl)cc1[N+](=O)[O-]. The second kappa shape index (κ2) is 5.32. The number of anilines is 1. The number of nitrogens with one attached hydrogen (secondary N) is 2. The number of nitrogens with zero attached hydrogens (tertiary/aromatic N) is 1. The number of hydrogen-bond acceptors (Lipinski definition) is 3. The predicted molar refractivity (Wildman–Crippen MR) is 60.8 cm³/mol. The maximum atomic E-state index is 11.2. The number of urea groups is 1. The Morgan fingerprint density at radius 1 is 1.56 bits per heavy atom. The molecule has 16 heavy (non-hydrogen) atoms. The number of carbonyl (C=O) groups excluding carboxylic acids is 1. The molecule has 1 rings (SSSR count). The largest absolute Gasteiger partial charge is 0.338 e. The fourth-order valence-corrected chi connectivity index (χ4v) is 1.25. The number of amides is 2. The monoisotopic (exact) mass is 243 g/mol. The van der Waals surface area contributed by atoms with E-state index in [4.69, 9.17) is 11.6 Å². The van der Waals surface area contributed by atoms with Gasteiger partial charge in [0.1, 0.15) is 5.69 Å². The van der Waals surface area contributed by atoms with Crippen molar-refractivity contribution >= 4 is 29.0 Å². The first-order valence-corrected chi connectivity index (χ1v) is 4.91. The molecule has 0 fully saturated rings. The molecule has 2 N–H and O–H groups in total. The van der Waals surface area contributed by atoms with Gasteiger partial charge in [0.25, 0.3) is 5.69 Å². The number of nitro benzene ring substituents is 1. The molecule has 0 heterocycles. The summed E-state index contributed by atoms with van der Waals surface area (Å²) in [6.07, 6.45) is 0. The van der Waals surface area contributed by atoms with Crippen LogP contribution in [0.25, 0.3) is 0 Å². The summed E-state index contributed by atoms with van der Waals surface area (Å²) in [7, 11) is 0. The minimum atomic E-state index is -0.604. The molecule has 0 spiro atoms. The average Bonchev–Trinajstić information content (AvgIpc) is 2.20. The average molecular weight is 244 g/mol. The van der Waals surface area contributed by atoms with E-state index in [2.05, 4.69) is 10.6 Å². The van der Waals surface area contributed by atoms with Gasteiger partial charge in [0, 0.05) is 17.6 Å². The van der Waals surface area contributed by atoms with Gasteiger partial charge in [-0.2, -0.15) is 0 Å². The first kappa shape index (κ1) is 12.3. The molecule has 0 radical (unpaired) electrons. The maximum absolute atomic E-state index is 11.2. The molecule has 1 aromatic rings. The lowest BCUT2D eigenvalue weighted by Crippen LogP contribution is -2.28. The van der Waals surface area contributed by atoms with Gasteiger partial charge in [-0.1, -0.05) is 11.6 Å². The Morgan fingerprint density at radius 2 is 2.25 bits per heavy atom. The van der Waals surface area contributed by atoms with Crippen LogP contribution in [0.3, 0.4) is 0 Å².